The van der Waals surface area contributed by atoms with Gasteiger partial charge >= 0.3 is 6.09 Å². The number of hydrogen-bond donors (Lipinski definition) is 0. The maximum atomic E-state index is 12.3. The van der Waals surface area contributed by atoms with Gasteiger partial charge in [0.2, 0.25) is 0 Å². The summed E-state index contributed by atoms with van der Waals surface area (Å²) in [5.74, 6) is 0.673. The van der Waals surface area contributed by atoms with Crippen LogP contribution in [0.1, 0.15) is 39.7 Å². The summed E-state index contributed by atoms with van der Waals surface area (Å²) in [5, 5.41) is 8.85. The minimum absolute atomic E-state index is 0.243. The van der Waals surface area contributed by atoms with Gasteiger partial charge in [-0.15, -0.1) is 0 Å². The zero-order valence-electron chi connectivity index (χ0n) is 21.1. The Morgan fingerprint density at radius 3 is 2.22 bits per heavy atom. The summed E-state index contributed by atoms with van der Waals surface area (Å²) >= 11 is 0. The minimum atomic E-state index is -0.482. The number of aromatic nitrogens is 6. The summed E-state index contributed by atoms with van der Waals surface area (Å²) in [7, 11) is 1.91. The first-order chi connectivity index (χ1) is 17.2. The van der Waals surface area contributed by atoms with Gasteiger partial charge in [-0.05, 0) is 45.2 Å². The van der Waals surface area contributed by atoms with Crippen molar-refractivity contribution in [3.05, 3.63) is 61.4 Å². The van der Waals surface area contributed by atoms with E-state index in [0.717, 1.165) is 40.7 Å². The number of benzene rings is 1. The smallest absolute Gasteiger partial charge is 0.410 e. The number of aryl methyl sites for hydroxylation is 1. The molecule has 0 saturated carbocycles. The highest BCUT2D eigenvalue weighted by Crippen LogP contribution is 2.28. The van der Waals surface area contributed by atoms with Gasteiger partial charge in [-0.2, -0.15) is 10.2 Å². The molecule has 0 atom stereocenters. The number of carbonyl (C=O) groups is 1. The summed E-state index contributed by atoms with van der Waals surface area (Å²) < 4.78 is 9.28. The van der Waals surface area contributed by atoms with E-state index in [-0.39, 0.29) is 12.1 Å². The molecule has 9 nitrogen and oxygen atoms in total. The normalized spacial score (nSPS) is 14.7. The summed E-state index contributed by atoms with van der Waals surface area (Å²) in [6.45, 7) is 6.98. The van der Waals surface area contributed by atoms with E-state index < -0.39 is 5.60 Å². The number of piperidine rings is 1. The van der Waals surface area contributed by atoms with Crippen LogP contribution in [-0.4, -0.2) is 59.2 Å². The molecule has 0 spiro atoms. The monoisotopic (exact) mass is 485 g/mol. The SMILES string of the molecule is Cn1cc(-c2cccc(-c3ncc(-c4cnn(C5CCN(C(=O)OC(C)(C)C)CC5)c4)cn3)c2)cn1. The predicted molar refractivity (Wildman–Crippen MR) is 137 cm³/mol. The topological polar surface area (TPSA) is 91.0 Å². The van der Waals surface area contributed by atoms with E-state index in [2.05, 4.69) is 32.3 Å². The molecule has 1 saturated heterocycles. The van der Waals surface area contributed by atoms with Crippen LogP contribution >= 0.6 is 0 Å². The molecule has 1 fully saturated rings. The highest BCUT2D eigenvalue weighted by molar-refractivity contribution is 5.70. The molecular weight excluding hydrogens is 454 g/mol. The van der Waals surface area contributed by atoms with E-state index in [4.69, 9.17) is 4.74 Å². The molecule has 0 unspecified atom stereocenters. The van der Waals surface area contributed by atoms with E-state index >= 15 is 0 Å². The molecule has 4 aromatic rings. The van der Waals surface area contributed by atoms with Crippen molar-refractivity contribution in [1.29, 1.82) is 0 Å². The second kappa shape index (κ2) is 9.56. The number of likely N-dealkylation sites (tertiary alicyclic amines) is 1. The molecule has 0 radical (unpaired) electrons. The van der Waals surface area contributed by atoms with Gasteiger partial charge in [-0.1, -0.05) is 18.2 Å². The van der Waals surface area contributed by atoms with Crippen molar-refractivity contribution in [2.45, 2.75) is 45.3 Å². The van der Waals surface area contributed by atoms with Crippen molar-refractivity contribution in [1.82, 2.24) is 34.4 Å². The molecular formula is C27H31N7O2. The van der Waals surface area contributed by atoms with Crippen LogP contribution in [0.25, 0.3) is 33.6 Å². The Kier molecular flexibility index (Phi) is 6.30. The first-order valence-corrected chi connectivity index (χ1v) is 12.2. The molecule has 5 rings (SSSR count). The fraction of sp³-hybridized carbons (Fsp3) is 0.370. The molecule has 1 aliphatic rings. The summed E-state index contributed by atoms with van der Waals surface area (Å²) in [4.78, 5) is 23.3. The number of rotatable bonds is 4. The van der Waals surface area contributed by atoms with Gasteiger partial charge in [0.1, 0.15) is 5.60 Å². The molecule has 1 aromatic carbocycles. The quantitative estimate of drug-likeness (QED) is 0.405. The van der Waals surface area contributed by atoms with Crippen molar-refractivity contribution in [3.8, 4) is 33.6 Å². The van der Waals surface area contributed by atoms with Crippen molar-refractivity contribution < 1.29 is 9.53 Å². The van der Waals surface area contributed by atoms with Crippen LogP contribution in [0.4, 0.5) is 4.79 Å². The van der Waals surface area contributed by atoms with Crippen molar-refractivity contribution in [3.63, 3.8) is 0 Å². The molecule has 186 valence electrons. The molecule has 9 heteroatoms. The van der Waals surface area contributed by atoms with E-state index in [9.17, 15) is 4.79 Å². The van der Waals surface area contributed by atoms with Gasteiger partial charge in [0, 0.05) is 67.2 Å². The van der Waals surface area contributed by atoms with Crippen molar-refractivity contribution in [2.24, 2.45) is 7.05 Å². The van der Waals surface area contributed by atoms with Crippen LogP contribution in [0.5, 0.6) is 0 Å². The van der Waals surface area contributed by atoms with Crippen molar-refractivity contribution in [2.75, 3.05) is 13.1 Å². The van der Waals surface area contributed by atoms with Gasteiger partial charge in [0.15, 0.2) is 5.82 Å². The molecule has 0 bridgehead atoms. The number of nitrogens with zero attached hydrogens (tertiary/aromatic N) is 7. The third kappa shape index (κ3) is 5.30. The minimum Gasteiger partial charge on any atom is -0.444 e. The second-order valence-corrected chi connectivity index (χ2v) is 10.2. The van der Waals surface area contributed by atoms with Crippen LogP contribution in [0, 0.1) is 0 Å². The molecule has 0 aliphatic carbocycles. The summed E-state index contributed by atoms with van der Waals surface area (Å²) in [6.07, 6.45) is 12.8. The zero-order chi connectivity index (χ0) is 25.3. The number of hydrogen-bond acceptors (Lipinski definition) is 6. The molecule has 1 aliphatic heterocycles. The van der Waals surface area contributed by atoms with Crippen LogP contribution in [0.15, 0.2) is 61.4 Å². The molecule has 0 N–H and O–H groups in total. The molecule has 4 heterocycles. The van der Waals surface area contributed by atoms with E-state index in [1.54, 1.807) is 9.58 Å². The lowest BCUT2D eigenvalue weighted by molar-refractivity contribution is 0.0185. The molecule has 1 amide bonds. The first kappa shape index (κ1) is 23.7. The van der Waals surface area contributed by atoms with E-state index in [1.165, 1.54) is 0 Å². The molecule has 3 aromatic heterocycles. The van der Waals surface area contributed by atoms with E-state index in [1.807, 2.05) is 81.8 Å². The second-order valence-electron chi connectivity index (χ2n) is 10.2. The lowest BCUT2D eigenvalue weighted by atomic mass is 10.1. The summed E-state index contributed by atoms with van der Waals surface area (Å²) in [6, 6.07) is 8.39. The standard InChI is InChI=1S/C27H31N7O2/c1-27(2,3)36-26(35)33-10-8-24(9-11-33)34-18-23(16-31-34)21-13-28-25(29-14-21)20-7-5-6-19(12-20)22-15-30-32(4)17-22/h5-7,12-18,24H,8-11H2,1-4H3. The lowest BCUT2D eigenvalue weighted by Gasteiger charge is -2.33. The fourth-order valence-corrected chi connectivity index (χ4v) is 4.36. The van der Waals surface area contributed by atoms with Crippen LogP contribution in [0.2, 0.25) is 0 Å². The van der Waals surface area contributed by atoms with Crippen LogP contribution in [-0.2, 0) is 11.8 Å². The maximum absolute atomic E-state index is 12.3. The van der Waals surface area contributed by atoms with Gasteiger partial charge < -0.3 is 9.64 Å². The average molecular weight is 486 g/mol. The van der Waals surface area contributed by atoms with Gasteiger partial charge in [0.25, 0.3) is 0 Å². The van der Waals surface area contributed by atoms with Crippen LogP contribution in [0.3, 0.4) is 0 Å². The predicted octanol–water partition coefficient (Wildman–Crippen LogP) is 4.98. The van der Waals surface area contributed by atoms with Crippen LogP contribution < -0.4 is 0 Å². The van der Waals surface area contributed by atoms with Gasteiger partial charge in [-0.25, -0.2) is 14.8 Å². The maximum Gasteiger partial charge on any atom is 0.410 e. The van der Waals surface area contributed by atoms with Gasteiger partial charge in [-0.3, -0.25) is 9.36 Å². The Morgan fingerprint density at radius 2 is 1.56 bits per heavy atom. The Labute approximate surface area is 210 Å². The third-order valence-electron chi connectivity index (χ3n) is 6.24. The Morgan fingerprint density at radius 1 is 0.889 bits per heavy atom. The largest absolute Gasteiger partial charge is 0.444 e. The Balaban J connectivity index is 1.24. The van der Waals surface area contributed by atoms with E-state index in [0.29, 0.717) is 18.9 Å². The Bertz CT molecular complexity index is 1340. The number of ether oxygens (including phenoxy) is 1. The zero-order valence-corrected chi connectivity index (χ0v) is 21.1. The van der Waals surface area contributed by atoms with Gasteiger partial charge in [0.05, 0.1) is 18.4 Å². The highest BCUT2D eigenvalue weighted by Gasteiger charge is 2.28. The first-order valence-electron chi connectivity index (χ1n) is 12.2. The Hall–Kier alpha value is -4.01. The highest BCUT2D eigenvalue weighted by atomic mass is 16.6. The average Bonchev–Trinajstić information content (AvgIpc) is 3.53. The molecule has 36 heavy (non-hydrogen) atoms. The van der Waals surface area contributed by atoms with Crippen molar-refractivity contribution >= 4 is 6.09 Å². The summed E-state index contributed by atoms with van der Waals surface area (Å²) in [5.41, 5.74) is 4.49. The fourth-order valence-electron chi connectivity index (χ4n) is 4.36. The third-order valence-corrected chi connectivity index (χ3v) is 6.24. The number of carbonyl (C=O) groups excluding carboxylic acids is 1. The number of amides is 1. The lowest BCUT2D eigenvalue weighted by Crippen LogP contribution is -2.42.